The van der Waals surface area contributed by atoms with E-state index in [0.29, 0.717) is 0 Å². The highest BCUT2D eigenvalue weighted by molar-refractivity contribution is 7.13. The fourth-order valence-electron chi connectivity index (χ4n) is 2.29. The van der Waals surface area contributed by atoms with E-state index in [2.05, 4.69) is 41.2 Å². The van der Waals surface area contributed by atoms with Crippen LogP contribution < -0.4 is 0 Å². The van der Waals surface area contributed by atoms with E-state index in [9.17, 15) is 0 Å². The molecule has 0 fully saturated rings. The van der Waals surface area contributed by atoms with Crippen molar-refractivity contribution >= 4 is 11.3 Å². The fourth-order valence-corrected chi connectivity index (χ4v) is 2.94. The lowest BCUT2D eigenvalue weighted by Gasteiger charge is -2.15. The molecule has 0 amide bonds. The first kappa shape index (κ1) is 14.0. The second-order valence-corrected chi connectivity index (χ2v) is 6.10. The van der Waals surface area contributed by atoms with Crippen LogP contribution in [-0.4, -0.2) is 16.9 Å². The zero-order valence-corrected chi connectivity index (χ0v) is 13.1. The normalized spacial score (nSPS) is 11.2. The molecule has 0 unspecified atom stereocenters. The molecule has 0 bridgehead atoms. The molecular formula is C17H18N2OS. The van der Waals surface area contributed by atoms with Crippen LogP contribution in [0.2, 0.25) is 0 Å². The minimum Gasteiger partial charge on any atom is -0.440 e. The van der Waals surface area contributed by atoms with Gasteiger partial charge in [0.15, 0.2) is 0 Å². The first-order chi connectivity index (χ1) is 10.2. The smallest absolute Gasteiger partial charge is 0.236 e. The van der Waals surface area contributed by atoms with Crippen LogP contribution in [0.5, 0.6) is 0 Å². The summed E-state index contributed by atoms with van der Waals surface area (Å²) in [6.07, 6.45) is 0. The minimum absolute atomic E-state index is 0.727. The molecule has 108 valence electrons. The van der Waals surface area contributed by atoms with Gasteiger partial charge in [-0.2, -0.15) is 0 Å². The van der Waals surface area contributed by atoms with E-state index in [4.69, 9.17) is 4.42 Å². The van der Waals surface area contributed by atoms with Gasteiger partial charge in [0.2, 0.25) is 5.89 Å². The van der Waals surface area contributed by atoms with E-state index < -0.39 is 0 Å². The van der Waals surface area contributed by atoms with Crippen molar-refractivity contribution < 1.29 is 4.42 Å². The van der Waals surface area contributed by atoms with Crippen molar-refractivity contribution in [3.8, 4) is 10.8 Å². The molecule has 0 aliphatic rings. The predicted molar refractivity (Wildman–Crippen MR) is 86.2 cm³/mol. The van der Waals surface area contributed by atoms with Crippen molar-refractivity contribution in [3.63, 3.8) is 0 Å². The Morgan fingerprint density at radius 3 is 2.62 bits per heavy atom. The minimum atomic E-state index is 0.727. The zero-order chi connectivity index (χ0) is 14.7. The van der Waals surface area contributed by atoms with Crippen LogP contribution in [0, 0.1) is 6.92 Å². The van der Waals surface area contributed by atoms with Crippen molar-refractivity contribution in [1.29, 1.82) is 0 Å². The van der Waals surface area contributed by atoms with Crippen LogP contribution in [0.25, 0.3) is 10.8 Å². The van der Waals surface area contributed by atoms with E-state index in [1.807, 2.05) is 30.5 Å². The fraction of sp³-hybridized carbons (Fsp3) is 0.235. The van der Waals surface area contributed by atoms with Crippen molar-refractivity contribution in [2.24, 2.45) is 0 Å². The highest BCUT2D eigenvalue weighted by Crippen LogP contribution is 2.26. The molecule has 0 radical (unpaired) electrons. The summed E-state index contributed by atoms with van der Waals surface area (Å²) >= 11 is 1.65. The molecule has 0 aliphatic carbocycles. The molecule has 3 rings (SSSR count). The Morgan fingerprint density at radius 2 is 1.90 bits per heavy atom. The molecule has 0 aliphatic heterocycles. The van der Waals surface area contributed by atoms with Gasteiger partial charge in [-0.15, -0.1) is 11.3 Å². The largest absolute Gasteiger partial charge is 0.440 e. The lowest BCUT2D eigenvalue weighted by molar-refractivity contribution is 0.313. The summed E-state index contributed by atoms with van der Waals surface area (Å²) in [5.41, 5.74) is 2.32. The van der Waals surface area contributed by atoms with E-state index in [1.54, 1.807) is 11.3 Å². The van der Waals surface area contributed by atoms with Gasteiger partial charge >= 0.3 is 0 Å². The zero-order valence-electron chi connectivity index (χ0n) is 12.2. The quantitative estimate of drug-likeness (QED) is 0.701. The molecule has 0 spiro atoms. The number of benzene rings is 1. The summed E-state index contributed by atoms with van der Waals surface area (Å²) < 4.78 is 5.78. The summed E-state index contributed by atoms with van der Waals surface area (Å²) in [4.78, 5) is 7.96. The van der Waals surface area contributed by atoms with Gasteiger partial charge in [0, 0.05) is 13.1 Å². The lowest BCUT2D eigenvalue weighted by atomic mass is 10.2. The second-order valence-electron chi connectivity index (χ2n) is 5.16. The molecule has 1 aromatic carbocycles. The Morgan fingerprint density at radius 1 is 1.10 bits per heavy atom. The van der Waals surface area contributed by atoms with E-state index in [1.165, 1.54) is 5.56 Å². The SMILES string of the molecule is Cc1oc(-c2cccs2)nc1CN(C)Cc1ccccc1. The van der Waals surface area contributed by atoms with Crippen LogP contribution in [0.4, 0.5) is 0 Å². The van der Waals surface area contributed by atoms with Crippen LogP contribution >= 0.6 is 11.3 Å². The maximum Gasteiger partial charge on any atom is 0.236 e. The van der Waals surface area contributed by atoms with Crippen LogP contribution in [0.3, 0.4) is 0 Å². The Balaban J connectivity index is 1.70. The number of oxazole rings is 1. The summed E-state index contributed by atoms with van der Waals surface area (Å²) in [6, 6.07) is 14.5. The Bertz CT molecular complexity index is 689. The maximum atomic E-state index is 5.78. The Kier molecular flexibility index (Phi) is 4.18. The highest BCUT2D eigenvalue weighted by Gasteiger charge is 2.13. The third kappa shape index (κ3) is 3.40. The first-order valence-electron chi connectivity index (χ1n) is 6.95. The summed E-state index contributed by atoms with van der Waals surface area (Å²) in [7, 11) is 2.10. The van der Waals surface area contributed by atoms with Crippen molar-refractivity contribution in [3.05, 3.63) is 64.9 Å². The monoisotopic (exact) mass is 298 g/mol. The lowest BCUT2D eigenvalue weighted by Crippen LogP contribution is -2.17. The molecule has 0 saturated carbocycles. The van der Waals surface area contributed by atoms with Gasteiger partial charge in [-0.05, 0) is 31.0 Å². The average Bonchev–Trinajstić information content (AvgIpc) is 3.10. The Labute approximate surface area is 128 Å². The number of aromatic nitrogens is 1. The van der Waals surface area contributed by atoms with Crippen molar-refractivity contribution in [1.82, 2.24) is 9.88 Å². The van der Waals surface area contributed by atoms with Crippen LogP contribution in [-0.2, 0) is 13.1 Å². The van der Waals surface area contributed by atoms with Crippen LogP contribution in [0.15, 0.2) is 52.3 Å². The molecule has 0 N–H and O–H groups in total. The second kappa shape index (κ2) is 6.24. The van der Waals surface area contributed by atoms with E-state index >= 15 is 0 Å². The molecule has 0 atom stereocenters. The van der Waals surface area contributed by atoms with Gasteiger partial charge in [-0.3, -0.25) is 4.90 Å². The van der Waals surface area contributed by atoms with Gasteiger partial charge in [-0.25, -0.2) is 4.98 Å². The number of hydrogen-bond acceptors (Lipinski definition) is 4. The van der Waals surface area contributed by atoms with Gasteiger partial charge in [0.25, 0.3) is 0 Å². The molecule has 4 heteroatoms. The molecular weight excluding hydrogens is 280 g/mol. The summed E-state index contributed by atoms with van der Waals surface area (Å²) in [5, 5.41) is 2.04. The van der Waals surface area contributed by atoms with Gasteiger partial charge in [-0.1, -0.05) is 36.4 Å². The van der Waals surface area contributed by atoms with Gasteiger partial charge in [0.1, 0.15) is 5.76 Å². The molecule has 2 heterocycles. The molecule has 21 heavy (non-hydrogen) atoms. The number of hydrogen-bond donors (Lipinski definition) is 0. The van der Waals surface area contributed by atoms with Crippen LogP contribution in [0.1, 0.15) is 17.0 Å². The maximum absolute atomic E-state index is 5.78. The highest BCUT2D eigenvalue weighted by atomic mass is 32.1. The van der Waals surface area contributed by atoms with Crippen molar-refractivity contribution in [2.75, 3.05) is 7.05 Å². The standard InChI is InChI=1S/C17H18N2OS/c1-13-15(18-17(20-13)16-9-6-10-21-16)12-19(2)11-14-7-4-3-5-8-14/h3-10H,11-12H2,1-2H3. The Hall–Kier alpha value is -1.91. The summed E-state index contributed by atoms with van der Waals surface area (Å²) in [6.45, 7) is 3.67. The summed E-state index contributed by atoms with van der Waals surface area (Å²) in [5.74, 6) is 1.63. The van der Waals surface area contributed by atoms with E-state index in [-0.39, 0.29) is 0 Å². The van der Waals surface area contributed by atoms with E-state index in [0.717, 1.165) is 35.3 Å². The molecule has 0 saturated heterocycles. The first-order valence-corrected chi connectivity index (χ1v) is 7.83. The number of thiophene rings is 1. The van der Waals surface area contributed by atoms with Gasteiger partial charge < -0.3 is 4.42 Å². The molecule has 3 aromatic rings. The number of aryl methyl sites for hydroxylation is 1. The van der Waals surface area contributed by atoms with Gasteiger partial charge in [0.05, 0.1) is 10.6 Å². The van der Waals surface area contributed by atoms with Crippen molar-refractivity contribution in [2.45, 2.75) is 20.0 Å². The number of nitrogens with zero attached hydrogens (tertiary/aromatic N) is 2. The number of rotatable bonds is 5. The third-order valence-electron chi connectivity index (χ3n) is 3.34. The molecule has 3 nitrogen and oxygen atoms in total. The predicted octanol–water partition coefficient (Wildman–Crippen LogP) is 4.34. The average molecular weight is 298 g/mol. The topological polar surface area (TPSA) is 29.3 Å². The molecule has 2 aromatic heterocycles. The third-order valence-corrected chi connectivity index (χ3v) is 4.20.